The lowest BCUT2D eigenvalue weighted by atomic mass is 10.1. The fourth-order valence-electron chi connectivity index (χ4n) is 2.78. The Bertz CT molecular complexity index is 1100. The first kappa shape index (κ1) is 14.6. The van der Waals surface area contributed by atoms with E-state index in [2.05, 4.69) is 21.4 Å². The van der Waals surface area contributed by atoms with Crippen molar-refractivity contribution in [2.75, 3.05) is 12.4 Å². The first-order chi connectivity index (χ1) is 11.7. The third-order valence-corrected chi connectivity index (χ3v) is 4.90. The normalized spacial score (nSPS) is 11.0. The number of nitriles is 1. The summed E-state index contributed by atoms with van der Waals surface area (Å²) in [6.07, 6.45) is 2.17. The van der Waals surface area contributed by atoms with E-state index in [9.17, 15) is 0 Å². The van der Waals surface area contributed by atoms with E-state index in [1.807, 2.05) is 42.9 Å². The second-order valence-corrected chi connectivity index (χ2v) is 6.45. The van der Waals surface area contributed by atoms with Crippen molar-refractivity contribution in [3.8, 4) is 16.6 Å². The number of hydrogen-bond donors (Lipinski definition) is 1. The molecule has 0 spiro atoms. The quantitative estimate of drug-likeness (QED) is 0.621. The van der Waals surface area contributed by atoms with Crippen LogP contribution in [0.25, 0.3) is 32.0 Å². The Kier molecular flexibility index (Phi) is 3.40. The van der Waals surface area contributed by atoms with Gasteiger partial charge < -0.3 is 9.88 Å². The van der Waals surface area contributed by atoms with Gasteiger partial charge in [0.15, 0.2) is 5.82 Å². The highest BCUT2D eigenvalue weighted by atomic mass is 32.1. The van der Waals surface area contributed by atoms with Gasteiger partial charge >= 0.3 is 0 Å². The predicted octanol–water partition coefficient (Wildman–Crippen LogP) is 3.35. The number of hydrogen-bond acceptors (Lipinski definition) is 6. The van der Waals surface area contributed by atoms with Gasteiger partial charge in [0.1, 0.15) is 26.4 Å². The molecule has 7 heteroatoms. The van der Waals surface area contributed by atoms with Gasteiger partial charge in [0.25, 0.3) is 0 Å². The Balaban J connectivity index is 1.96. The lowest BCUT2D eigenvalue weighted by Crippen LogP contribution is -1.95. The van der Waals surface area contributed by atoms with Gasteiger partial charge in [-0.1, -0.05) is 29.5 Å². The van der Waals surface area contributed by atoms with Gasteiger partial charge in [-0.05, 0) is 11.6 Å². The lowest BCUT2D eigenvalue weighted by molar-refractivity contribution is 0.949. The SMILES string of the molecule is CNc1nc2sc(-c3cccc(CC#N)c3)nc2c2c1ncn2C. The molecule has 1 N–H and O–H groups in total. The summed E-state index contributed by atoms with van der Waals surface area (Å²) in [6, 6.07) is 10.1. The van der Waals surface area contributed by atoms with E-state index in [0.717, 1.165) is 43.3 Å². The van der Waals surface area contributed by atoms with Crippen molar-refractivity contribution in [1.82, 2.24) is 19.5 Å². The Labute approximate surface area is 142 Å². The highest BCUT2D eigenvalue weighted by Gasteiger charge is 2.17. The van der Waals surface area contributed by atoms with E-state index in [4.69, 9.17) is 10.2 Å². The number of nitrogens with one attached hydrogen (secondary N) is 1. The van der Waals surface area contributed by atoms with E-state index in [1.54, 1.807) is 17.7 Å². The molecule has 4 aromatic rings. The van der Waals surface area contributed by atoms with Gasteiger partial charge in [-0.3, -0.25) is 0 Å². The number of anilines is 1. The van der Waals surface area contributed by atoms with Crippen molar-refractivity contribution < 1.29 is 0 Å². The van der Waals surface area contributed by atoms with Crippen LogP contribution in [0, 0.1) is 11.3 Å². The lowest BCUT2D eigenvalue weighted by Gasteiger charge is -2.01. The maximum Gasteiger partial charge on any atom is 0.155 e. The van der Waals surface area contributed by atoms with E-state index < -0.39 is 0 Å². The maximum absolute atomic E-state index is 8.89. The number of aromatic nitrogens is 4. The zero-order valence-electron chi connectivity index (χ0n) is 13.2. The number of aryl methyl sites for hydroxylation is 1. The summed E-state index contributed by atoms with van der Waals surface area (Å²) >= 11 is 1.55. The fraction of sp³-hybridized carbons (Fsp3) is 0.176. The molecule has 3 heterocycles. The Morgan fingerprint density at radius 2 is 2.17 bits per heavy atom. The molecule has 0 aliphatic rings. The van der Waals surface area contributed by atoms with Crippen molar-refractivity contribution in [1.29, 1.82) is 5.26 Å². The Hall–Kier alpha value is -2.98. The summed E-state index contributed by atoms with van der Waals surface area (Å²) in [7, 11) is 3.80. The molecule has 0 radical (unpaired) electrons. The first-order valence-electron chi connectivity index (χ1n) is 7.47. The van der Waals surface area contributed by atoms with Crippen LogP contribution in [0.2, 0.25) is 0 Å². The number of imidazole rings is 1. The molecular formula is C17H14N6S. The third-order valence-electron chi connectivity index (χ3n) is 3.90. The van der Waals surface area contributed by atoms with Gasteiger partial charge in [0.05, 0.1) is 18.8 Å². The first-order valence-corrected chi connectivity index (χ1v) is 8.28. The zero-order valence-corrected chi connectivity index (χ0v) is 14.1. The Morgan fingerprint density at radius 3 is 2.96 bits per heavy atom. The van der Waals surface area contributed by atoms with Gasteiger partial charge in [-0.2, -0.15) is 5.26 Å². The fourth-order valence-corrected chi connectivity index (χ4v) is 3.72. The summed E-state index contributed by atoms with van der Waals surface area (Å²) in [5.41, 5.74) is 4.65. The van der Waals surface area contributed by atoms with E-state index >= 15 is 0 Å². The molecule has 0 saturated heterocycles. The topological polar surface area (TPSA) is 79.4 Å². The van der Waals surface area contributed by atoms with Crippen LogP contribution in [0.1, 0.15) is 5.56 Å². The smallest absolute Gasteiger partial charge is 0.155 e. The molecule has 1 aromatic carbocycles. The molecule has 24 heavy (non-hydrogen) atoms. The second kappa shape index (κ2) is 5.58. The van der Waals surface area contributed by atoms with Crippen LogP contribution >= 0.6 is 11.3 Å². The molecule has 0 amide bonds. The second-order valence-electron chi connectivity index (χ2n) is 5.47. The number of fused-ring (bicyclic) bond motifs is 3. The monoisotopic (exact) mass is 334 g/mol. The molecular weight excluding hydrogens is 320 g/mol. The van der Waals surface area contributed by atoms with Gasteiger partial charge in [0, 0.05) is 19.7 Å². The average molecular weight is 334 g/mol. The van der Waals surface area contributed by atoms with Crippen LogP contribution in [-0.4, -0.2) is 26.6 Å². The molecule has 0 unspecified atom stereocenters. The largest absolute Gasteiger partial charge is 0.371 e. The van der Waals surface area contributed by atoms with Crippen molar-refractivity contribution in [3.05, 3.63) is 36.2 Å². The summed E-state index contributed by atoms with van der Waals surface area (Å²) in [4.78, 5) is 14.8. The summed E-state index contributed by atoms with van der Waals surface area (Å²) in [5.74, 6) is 0.756. The molecule has 0 atom stereocenters. The third kappa shape index (κ3) is 2.20. The predicted molar refractivity (Wildman–Crippen MR) is 96.0 cm³/mol. The minimum atomic E-state index is 0.396. The van der Waals surface area contributed by atoms with Gasteiger partial charge in [-0.25, -0.2) is 15.0 Å². The molecule has 3 aromatic heterocycles. The van der Waals surface area contributed by atoms with E-state index in [-0.39, 0.29) is 0 Å². The molecule has 0 aliphatic heterocycles. The summed E-state index contributed by atoms with van der Waals surface area (Å²) in [6.45, 7) is 0. The van der Waals surface area contributed by atoms with Gasteiger partial charge in [-0.15, -0.1) is 0 Å². The van der Waals surface area contributed by atoms with Crippen LogP contribution in [0.15, 0.2) is 30.6 Å². The van der Waals surface area contributed by atoms with E-state index in [1.165, 1.54) is 0 Å². The number of pyridine rings is 1. The van der Waals surface area contributed by atoms with Crippen molar-refractivity contribution in [2.45, 2.75) is 6.42 Å². The van der Waals surface area contributed by atoms with Crippen LogP contribution in [-0.2, 0) is 13.5 Å². The summed E-state index contributed by atoms with van der Waals surface area (Å²) in [5, 5.41) is 12.9. The number of nitrogens with zero attached hydrogens (tertiary/aromatic N) is 5. The van der Waals surface area contributed by atoms with Crippen LogP contribution in [0.3, 0.4) is 0 Å². The average Bonchev–Trinajstić information content (AvgIpc) is 3.18. The highest BCUT2D eigenvalue weighted by Crippen LogP contribution is 2.35. The molecule has 0 fully saturated rings. The minimum Gasteiger partial charge on any atom is -0.371 e. The molecule has 118 valence electrons. The zero-order chi connectivity index (χ0) is 16.7. The molecule has 0 saturated carbocycles. The number of benzene rings is 1. The highest BCUT2D eigenvalue weighted by molar-refractivity contribution is 7.21. The molecule has 0 bridgehead atoms. The standard InChI is InChI=1S/C17H14N6S/c1-19-15-12-14(23(2)9-20-12)13-17(22-15)24-16(21-13)11-5-3-4-10(8-11)6-7-18/h3-5,8-9H,6H2,1-2H3,(H,19,22). The maximum atomic E-state index is 8.89. The molecule has 6 nitrogen and oxygen atoms in total. The number of thiazole rings is 1. The Morgan fingerprint density at radius 1 is 1.29 bits per heavy atom. The molecule has 0 aliphatic carbocycles. The van der Waals surface area contributed by atoms with Gasteiger partial charge in [0.2, 0.25) is 0 Å². The van der Waals surface area contributed by atoms with E-state index in [0.29, 0.717) is 6.42 Å². The number of rotatable bonds is 3. The van der Waals surface area contributed by atoms with Crippen molar-refractivity contribution >= 4 is 38.5 Å². The van der Waals surface area contributed by atoms with Crippen molar-refractivity contribution in [3.63, 3.8) is 0 Å². The van der Waals surface area contributed by atoms with Crippen LogP contribution in [0.5, 0.6) is 0 Å². The summed E-state index contributed by atoms with van der Waals surface area (Å²) < 4.78 is 1.97. The van der Waals surface area contributed by atoms with Crippen LogP contribution < -0.4 is 5.32 Å². The van der Waals surface area contributed by atoms with Crippen LogP contribution in [0.4, 0.5) is 5.82 Å². The minimum absolute atomic E-state index is 0.396. The van der Waals surface area contributed by atoms with Crippen molar-refractivity contribution in [2.24, 2.45) is 7.05 Å². The molecule has 4 rings (SSSR count).